The van der Waals surface area contributed by atoms with Gasteiger partial charge in [-0.15, -0.1) is 0 Å². The summed E-state index contributed by atoms with van der Waals surface area (Å²) in [6.45, 7) is 3.46. The predicted molar refractivity (Wildman–Crippen MR) is 92.2 cm³/mol. The number of aryl methyl sites for hydroxylation is 1. The van der Waals surface area contributed by atoms with E-state index in [1.54, 1.807) is 50.2 Å². The second-order valence-corrected chi connectivity index (χ2v) is 6.50. The van der Waals surface area contributed by atoms with Crippen LogP contribution in [-0.2, 0) is 0 Å². The lowest BCUT2D eigenvalue weighted by molar-refractivity contribution is -0.156. The fourth-order valence-corrected chi connectivity index (χ4v) is 3.60. The molecule has 0 saturated carbocycles. The van der Waals surface area contributed by atoms with Crippen LogP contribution in [0.4, 0.5) is 13.2 Å². The van der Waals surface area contributed by atoms with E-state index in [9.17, 15) is 18.3 Å². The SMILES string of the molecule is COc1ccc(C2NNC(C(F)(F)F)C2c2ccccc2C)c(O)c1C. The number of benzene rings is 2. The minimum absolute atomic E-state index is 0.0648. The maximum Gasteiger partial charge on any atom is 0.405 e. The first-order valence-electron chi connectivity index (χ1n) is 8.25. The largest absolute Gasteiger partial charge is 0.507 e. The van der Waals surface area contributed by atoms with E-state index in [1.165, 1.54) is 7.11 Å². The number of rotatable bonds is 3. The van der Waals surface area contributed by atoms with Crippen molar-refractivity contribution in [3.8, 4) is 11.5 Å². The van der Waals surface area contributed by atoms with Crippen LogP contribution < -0.4 is 15.6 Å². The normalized spacial score (nSPS) is 23.2. The molecule has 1 heterocycles. The second-order valence-electron chi connectivity index (χ2n) is 6.50. The first-order chi connectivity index (χ1) is 12.3. The fraction of sp³-hybridized carbons (Fsp3) is 0.368. The molecular formula is C19H21F3N2O2. The summed E-state index contributed by atoms with van der Waals surface area (Å²) in [5.74, 6) is -0.503. The van der Waals surface area contributed by atoms with Gasteiger partial charge in [-0.3, -0.25) is 0 Å². The number of hydrogen-bond acceptors (Lipinski definition) is 4. The third-order valence-corrected chi connectivity index (χ3v) is 4.98. The summed E-state index contributed by atoms with van der Waals surface area (Å²) in [6.07, 6.45) is -4.44. The molecule has 3 atom stereocenters. The number of hydrazine groups is 1. The molecule has 0 amide bonds. The Balaban J connectivity index is 2.12. The Morgan fingerprint density at radius 3 is 2.31 bits per heavy atom. The Hall–Kier alpha value is -2.25. The van der Waals surface area contributed by atoms with Gasteiger partial charge in [0.1, 0.15) is 17.5 Å². The van der Waals surface area contributed by atoms with E-state index >= 15 is 0 Å². The number of ether oxygens (including phenoxy) is 1. The summed E-state index contributed by atoms with van der Waals surface area (Å²) in [4.78, 5) is 0. The van der Waals surface area contributed by atoms with E-state index in [1.807, 2.05) is 0 Å². The highest BCUT2D eigenvalue weighted by Crippen LogP contribution is 2.47. The first-order valence-corrected chi connectivity index (χ1v) is 8.25. The molecule has 7 heteroatoms. The summed E-state index contributed by atoms with van der Waals surface area (Å²) in [5, 5.41) is 10.6. The van der Waals surface area contributed by atoms with Gasteiger partial charge in [-0.05, 0) is 37.1 Å². The quantitative estimate of drug-likeness (QED) is 0.772. The fourth-order valence-electron chi connectivity index (χ4n) is 3.60. The average Bonchev–Trinajstić information content (AvgIpc) is 3.02. The molecule has 3 N–H and O–H groups in total. The van der Waals surface area contributed by atoms with Crippen LogP contribution >= 0.6 is 0 Å². The van der Waals surface area contributed by atoms with Crippen LogP contribution in [0.5, 0.6) is 11.5 Å². The monoisotopic (exact) mass is 366 g/mol. The van der Waals surface area contributed by atoms with Gasteiger partial charge in [0.05, 0.1) is 13.2 Å². The molecule has 2 aromatic carbocycles. The number of hydrogen-bond donors (Lipinski definition) is 3. The second kappa shape index (κ2) is 6.81. The number of methoxy groups -OCH3 is 1. The number of nitrogens with one attached hydrogen (secondary N) is 2. The summed E-state index contributed by atoms with van der Waals surface area (Å²) in [7, 11) is 1.48. The van der Waals surface area contributed by atoms with Crippen molar-refractivity contribution < 1.29 is 23.0 Å². The third kappa shape index (κ3) is 3.12. The Morgan fingerprint density at radius 1 is 1.00 bits per heavy atom. The molecule has 0 bridgehead atoms. The number of phenols is 1. The van der Waals surface area contributed by atoms with Crippen molar-refractivity contribution in [3.05, 3.63) is 58.7 Å². The molecule has 4 nitrogen and oxygen atoms in total. The summed E-state index contributed by atoms with van der Waals surface area (Å²) < 4.78 is 46.1. The van der Waals surface area contributed by atoms with Crippen molar-refractivity contribution in [1.29, 1.82) is 0 Å². The molecule has 1 aliphatic heterocycles. The van der Waals surface area contributed by atoms with Crippen molar-refractivity contribution in [2.24, 2.45) is 0 Å². The van der Waals surface area contributed by atoms with E-state index in [0.29, 0.717) is 22.4 Å². The molecule has 1 aliphatic rings. The lowest BCUT2D eigenvalue weighted by Crippen LogP contribution is -2.43. The molecule has 140 valence electrons. The molecule has 0 aliphatic carbocycles. The number of alkyl halides is 3. The summed E-state index contributed by atoms with van der Waals surface area (Å²) >= 11 is 0. The zero-order valence-corrected chi connectivity index (χ0v) is 14.7. The molecule has 1 saturated heterocycles. The van der Waals surface area contributed by atoms with Crippen LogP contribution in [0.25, 0.3) is 0 Å². The van der Waals surface area contributed by atoms with Crippen LogP contribution in [-0.4, -0.2) is 24.4 Å². The minimum atomic E-state index is -4.44. The van der Waals surface area contributed by atoms with Crippen molar-refractivity contribution in [3.63, 3.8) is 0 Å². The number of phenolic OH excluding ortho intramolecular Hbond substituents is 1. The molecule has 0 aromatic heterocycles. The van der Waals surface area contributed by atoms with Gasteiger partial charge in [-0.25, -0.2) is 10.9 Å². The zero-order valence-electron chi connectivity index (χ0n) is 14.7. The van der Waals surface area contributed by atoms with Gasteiger partial charge in [-0.2, -0.15) is 13.2 Å². The van der Waals surface area contributed by atoms with Gasteiger partial charge < -0.3 is 9.84 Å². The minimum Gasteiger partial charge on any atom is -0.507 e. The maximum atomic E-state index is 13.6. The summed E-state index contributed by atoms with van der Waals surface area (Å²) in [5.41, 5.74) is 7.37. The van der Waals surface area contributed by atoms with Crippen molar-refractivity contribution in [2.45, 2.75) is 38.0 Å². The smallest absolute Gasteiger partial charge is 0.405 e. The molecule has 2 aromatic rings. The van der Waals surface area contributed by atoms with Crippen LogP contribution in [0.1, 0.15) is 34.2 Å². The highest BCUT2D eigenvalue weighted by molar-refractivity contribution is 5.51. The maximum absolute atomic E-state index is 13.6. The third-order valence-electron chi connectivity index (χ3n) is 4.98. The van der Waals surface area contributed by atoms with Crippen LogP contribution in [0, 0.1) is 13.8 Å². The van der Waals surface area contributed by atoms with Gasteiger partial charge in [0.25, 0.3) is 0 Å². The van der Waals surface area contributed by atoms with E-state index < -0.39 is 24.2 Å². The zero-order chi connectivity index (χ0) is 19.1. The Morgan fingerprint density at radius 2 is 1.69 bits per heavy atom. The Labute approximate surface area is 150 Å². The van der Waals surface area contributed by atoms with Crippen LogP contribution in [0.3, 0.4) is 0 Å². The topological polar surface area (TPSA) is 53.5 Å². The molecule has 26 heavy (non-hydrogen) atoms. The van der Waals surface area contributed by atoms with Crippen LogP contribution in [0.15, 0.2) is 36.4 Å². The van der Waals surface area contributed by atoms with Crippen molar-refractivity contribution in [2.75, 3.05) is 7.11 Å². The van der Waals surface area contributed by atoms with Gasteiger partial charge in [0, 0.05) is 17.0 Å². The van der Waals surface area contributed by atoms with Crippen LogP contribution in [0.2, 0.25) is 0 Å². The lowest BCUT2D eigenvalue weighted by Gasteiger charge is -2.27. The Kier molecular flexibility index (Phi) is 4.86. The lowest BCUT2D eigenvalue weighted by atomic mass is 9.81. The van der Waals surface area contributed by atoms with Gasteiger partial charge in [0.15, 0.2) is 0 Å². The molecule has 0 spiro atoms. The molecule has 3 unspecified atom stereocenters. The van der Waals surface area contributed by atoms with Crippen molar-refractivity contribution in [1.82, 2.24) is 10.9 Å². The van der Waals surface area contributed by atoms with Gasteiger partial charge in [0.2, 0.25) is 0 Å². The highest BCUT2D eigenvalue weighted by atomic mass is 19.4. The Bertz CT molecular complexity index is 808. The van der Waals surface area contributed by atoms with E-state index in [-0.39, 0.29) is 5.75 Å². The van der Waals surface area contributed by atoms with Crippen molar-refractivity contribution >= 4 is 0 Å². The van der Waals surface area contributed by atoms with Gasteiger partial charge >= 0.3 is 6.18 Å². The molecular weight excluding hydrogens is 345 g/mol. The predicted octanol–water partition coefficient (Wildman–Crippen LogP) is 3.88. The standard InChI is InChI=1S/C19H21F3N2O2/c1-10-6-4-5-7-12(10)15-16(23-24-18(15)19(20,21)22)13-8-9-14(26-3)11(2)17(13)25/h4-9,15-16,18,23-25H,1-3H3. The average molecular weight is 366 g/mol. The number of aromatic hydroxyl groups is 1. The summed E-state index contributed by atoms with van der Waals surface area (Å²) in [6, 6.07) is 7.76. The van der Waals surface area contributed by atoms with E-state index in [2.05, 4.69) is 10.9 Å². The van der Waals surface area contributed by atoms with E-state index in [0.717, 1.165) is 5.56 Å². The number of halogens is 3. The first kappa shape index (κ1) is 18.5. The molecule has 3 rings (SSSR count). The highest BCUT2D eigenvalue weighted by Gasteiger charge is 2.52. The molecule has 1 fully saturated rings. The van der Waals surface area contributed by atoms with Gasteiger partial charge in [-0.1, -0.05) is 24.3 Å². The molecule has 0 radical (unpaired) electrons. The van der Waals surface area contributed by atoms with E-state index in [4.69, 9.17) is 4.74 Å².